The lowest BCUT2D eigenvalue weighted by Crippen LogP contribution is -2.28. The lowest BCUT2D eigenvalue weighted by atomic mass is 9.97. The summed E-state index contributed by atoms with van der Waals surface area (Å²) in [6.07, 6.45) is 0. The molecule has 2 atom stereocenters. The third kappa shape index (κ3) is 4.29. The largest absolute Gasteiger partial charge is 0.326 e. The van der Waals surface area contributed by atoms with E-state index in [0.717, 1.165) is 38.4 Å². The molecule has 0 aromatic heterocycles. The van der Waals surface area contributed by atoms with Crippen molar-refractivity contribution >= 4 is 11.6 Å². The fourth-order valence-electron chi connectivity index (χ4n) is 2.85. The quantitative estimate of drug-likeness (QED) is 0.845. The van der Waals surface area contributed by atoms with Gasteiger partial charge in [0.25, 0.3) is 0 Å². The van der Waals surface area contributed by atoms with Crippen LogP contribution in [-0.4, -0.2) is 37.0 Å². The Kier molecular flexibility index (Phi) is 5.76. The van der Waals surface area contributed by atoms with Crippen LogP contribution in [-0.2, 0) is 11.3 Å². The molecule has 0 radical (unpaired) electrons. The zero-order chi connectivity index (χ0) is 15.2. The smallest absolute Gasteiger partial charge is 0.229 e. The van der Waals surface area contributed by atoms with E-state index < -0.39 is 0 Å². The van der Waals surface area contributed by atoms with Crippen molar-refractivity contribution in [3.05, 3.63) is 29.8 Å². The Labute approximate surface area is 127 Å². The maximum Gasteiger partial charge on any atom is 0.229 e. The van der Waals surface area contributed by atoms with Gasteiger partial charge >= 0.3 is 0 Å². The number of hydrogen-bond donors (Lipinski definition) is 2. The molecule has 4 heteroatoms. The molecule has 21 heavy (non-hydrogen) atoms. The Balaban J connectivity index is 1.99. The molecule has 0 saturated carbocycles. The van der Waals surface area contributed by atoms with Gasteiger partial charge < -0.3 is 10.6 Å². The summed E-state index contributed by atoms with van der Waals surface area (Å²) in [7, 11) is 0. The predicted molar refractivity (Wildman–Crippen MR) is 87.2 cm³/mol. The SMILES string of the molecule is CCN(CC)Cc1cccc(NC(=O)C2CNCC2C)c1. The van der Waals surface area contributed by atoms with Crippen molar-refractivity contribution in [2.75, 3.05) is 31.5 Å². The standard InChI is InChI=1S/C17H27N3O/c1-4-20(5-2)12-14-7-6-8-15(9-14)19-17(21)16-11-18-10-13(16)3/h6-9,13,16,18H,4-5,10-12H2,1-3H3,(H,19,21). The van der Waals surface area contributed by atoms with E-state index in [1.165, 1.54) is 5.56 Å². The Hall–Kier alpha value is -1.39. The van der Waals surface area contributed by atoms with Crippen LogP contribution < -0.4 is 10.6 Å². The molecule has 2 N–H and O–H groups in total. The number of anilines is 1. The van der Waals surface area contributed by atoms with Crippen molar-refractivity contribution < 1.29 is 4.79 Å². The average molecular weight is 289 g/mol. The molecule has 1 aromatic carbocycles. The van der Waals surface area contributed by atoms with Crippen LogP contribution in [0.5, 0.6) is 0 Å². The molecule has 4 nitrogen and oxygen atoms in total. The number of carbonyl (C=O) groups excluding carboxylic acids is 1. The molecule has 2 rings (SSSR count). The maximum atomic E-state index is 12.3. The lowest BCUT2D eigenvalue weighted by molar-refractivity contribution is -0.120. The van der Waals surface area contributed by atoms with E-state index in [2.05, 4.69) is 48.4 Å². The van der Waals surface area contributed by atoms with Gasteiger partial charge in [-0.3, -0.25) is 9.69 Å². The molecule has 1 aliphatic heterocycles. The second-order valence-electron chi connectivity index (χ2n) is 5.89. The second-order valence-corrected chi connectivity index (χ2v) is 5.89. The van der Waals surface area contributed by atoms with E-state index in [1.54, 1.807) is 0 Å². The van der Waals surface area contributed by atoms with Gasteiger partial charge in [-0.2, -0.15) is 0 Å². The van der Waals surface area contributed by atoms with Crippen LogP contribution in [0, 0.1) is 11.8 Å². The number of nitrogens with one attached hydrogen (secondary N) is 2. The summed E-state index contributed by atoms with van der Waals surface area (Å²) in [5, 5.41) is 6.34. The number of amides is 1. The van der Waals surface area contributed by atoms with Crippen LogP contribution in [0.1, 0.15) is 26.3 Å². The van der Waals surface area contributed by atoms with Crippen LogP contribution >= 0.6 is 0 Å². The van der Waals surface area contributed by atoms with Crippen LogP contribution in [0.25, 0.3) is 0 Å². The minimum Gasteiger partial charge on any atom is -0.326 e. The monoisotopic (exact) mass is 289 g/mol. The van der Waals surface area contributed by atoms with Gasteiger partial charge in [-0.15, -0.1) is 0 Å². The molecule has 116 valence electrons. The summed E-state index contributed by atoms with van der Waals surface area (Å²) in [4.78, 5) is 14.7. The Bertz CT molecular complexity index is 471. The number of carbonyl (C=O) groups is 1. The van der Waals surface area contributed by atoms with Gasteiger partial charge in [0, 0.05) is 18.8 Å². The van der Waals surface area contributed by atoms with E-state index in [1.807, 2.05) is 12.1 Å². The second kappa shape index (κ2) is 7.57. The highest BCUT2D eigenvalue weighted by molar-refractivity contribution is 5.93. The molecule has 1 saturated heterocycles. The van der Waals surface area contributed by atoms with Crippen molar-refractivity contribution in [3.63, 3.8) is 0 Å². The Morgan fingerprint density at radius 2 is 2.10 bits per heavy atom. The molecular formula is C17H27N3O. The highest BCUT2D eigenvalue weighted by Crippen LogP contribution is 2.19. The van der Waals surface area contributed by atoms with Crippen LogP contribution in [0.2, 0.25) is 0 Å². The van der Waals surface area contributed by atoms with Gasteiger partial charge in [0.15, 0.2) is 0 Å². The van der Waals surface area contributed by atoms with Crippen molar-refractivity contribution in [1.82, 2.24) is 10.2 Å². The first-order valence-electron chi connectivity index (χ1n) is 7.96. The first kappa shape index (κ1) is 16.0. The zero-order valence-electron chi connectivity index (χ0n) is 13.4. The molecule has 0 bridgehead atoms. The highest BCUT2D eigenvalue weighted by atomic mass is 16.1. The molecule has 0 spiro atoms. The van der Waals surface area contributed by atoms with E-state index in [-0.39, 0.29) is 11.8 Å². The fraction of sp³-hybridized carbons (Fsp3) is 0.588. The number of nitrogens with zero attached hydrogens (tertiary/aromatic N) is 1. The van der Waals surface area contributed by atoms with Gasteiger partial charge in [0.1, 0.15) is 0 Å². The van der Waals surface area contributed by atoms with Gasteiger partial charge in [-0.25, -0.2) is 0 Å². The van der Waals surface area contributed by atoms with Gasteiger partial charge in [-0.1, -0.05) is 32.9 Å². The van der Waals surface area contributed by atoms with Crippen molar-refractivity contribution in [2.45, 2.75) is 27.3 Å². The molecular weight excluding hydrogens is 262 g/mol. The van der Waals surface area contributed by atoms with Gasteiger partial charge in [0.2, 0.25) is 5.91 Å². The molecule has 1 aliphatic rings. The Morgan fingerprint density at radius 3 is 2.71 bits per heavy atom. The number of rotatable bonds is 6. The third-order valence-electron chi connectivity index (χ3n) is 4.35. The van der Waals surface area contributed by atoms with Crippen LogP contribution in [0.15, 0.2) is 24.3 Å². The lowest BCUT2D eigenvalue weighted by Gasteiger charge is -2.19. The molecule has 0 aliphatic carbocycles. The van der Waals surface area contributed by atoms with Crippen LogP contribution in [0.4, 0.5) is 5.69 Å². The summed E-state index contributed by atoms with van der Waals surface area (Å²) in [5.74, 6) is 0.618. The van der Waals surface area contributed by atoms with E-state index in [4.69, 9.17) is 0 Å². The minimum absolute atomic E-state index is 0.0800. The molecule has 2 unspecified atom stereocenters. The molecule has 1 aromatic rings. The summed E-state index contributed by atoms with van der Waals surface area (Å²) >= 11 is 0. The summed E-state index contributed by atoms with van der Waals surface area (Å²) < 4.78 is 0. The van der Waals surface area contributed by atoms with E-state index in [9.17, 15) is 4.79 Å². The first-order chi connectivity index (χ1) is 10.1. The summed E-state index contributed by atoms with van der Waals surface area (Å²) in [6.45, 7) is 11.2. The number of hydrogen-bond acceptors (Lipinski definition) is 3. The van der Waals surface area contributed by atoms with E-state index >= 15 is 0 Å². The van der Waals surface area contributed by atoms with Crippen molar-refractivity contribution in [3.8, 4) is 0 Å². The molecule has 1 heterocycles. The number of benzene rings is 1. The van der Waals surface area contributed by atoms with Gasteiger partial charge in [-0.05, 0) is 43.2 Å². The minimum atomic E-state index is 0.0800. The predicted octanol–water partition coefficient (Wildman–Crippen LogP) is 2.32. The van der Waals surface area contributed by atoms with Crippen LogP contribution in [0.3, 0.4) is 0 Å². The van der Waals surface area contributed by atoms with E-state index in [0.29, 0.717) is 5.92 Å². The summed E-state index contributed by atoms with van der Waals surface area (Å²) in [5.41, 5.74) is 2.15. The van der Waals surface area contributed by atoms with Crippen molar-refractivity contribution in [1.29, 1.82) is 0 Å². The fourth-order valence-corrected chi connectivity index (χ4v) is 2.85. The molecule has 1 amide bonds. The zero-order valence-corrected chi connectivity index (χ0v) is 13.4. The molecule has 1 fully saturated rings. The third-order valence-corrected chi connectivity index (χ3v) is 4.35. The van der Waals surface area contributed by atoms with Crippen molar-refractivity contribution in [2.24, 2.45) is 11.8 Å². The topological polar surface area (TPSA) is 44.4 Å². The Morgan fingerprint density at radius 1 is 1.33 bits per heavy atom. The average Bonchev–Trinajstić information content (AvgIpc) is 2.91. The highest BCUT2D eigenvalue weighted by Gasteiger charge is 2.29. The summed E-state index contributed by atoms with van der Waals surface area (Å²) in [6, 6.07) is 8.19. The normalized spacial score (nSPS) is 21.7. The maximum absolute atomic E-state index is 12.3. The first-order valence-corrected chi connectivity index (χ1v) is 7.96. The van der Waals surface area contributed by atoms with Gasteiger partial charge in [0.05, 0.1) is 5.92 Å².